The molecule has 2 amide bonds. The zero-order chi connectivity index (χ0) is 15.6. The fraction of sp³-hybridized carbons (Fsp3) is 0.267. The number of carbonyl (C=O) groups excluding carboxylic acids is 2. The van der Waals surface area contributed by atoms with Crippen molar-refractivity contribution in [3.63, 3.8) is 0 Å². The molecule has 1 aromatic heterocycles. The third-order valence-electron chi connectivity index (χ3n) is 3.00. The van der Waals surface area contributed by atoms with Crippen molar-refractivity contribution >= 4 is 34.0 Å². The maximum Gasteiger partial charge on any atom is 0.325 e. The SMILES string of the molecule is CC(=O)c1cccc(N(C(N)=O)c2ncc(C(C)C)s2)c1. The minimum atomic E-state index is -0.625. The molecular formula is C15H17N3O2S. The van der Waals surface area contributed by atoms with Crippen LogP contribution in [0, 0.1) is 0 Å². The Balaban J connectivity index is 2.45. The van der Waals surface area contributed by atoms with E-state index in [0.717, 1.165) is 4.88 Å². The average Bonchev–Trinajstić information content (AvgIpc) is 2.88. The average molecular weight is 303 g/mol. The van der Waals surface area contributed by atoms with Gasteiger partial charge in [0.15, 0.2) is 10.9 Å². The lowest BCUT2D eigenvalue weighted by Crippen LogP contribution is -2.31. The summed E-state index contributed by atoms with van der Waals surface area (Å²) in [6.45, 7) is 5.60. The van der Waals surface area contributed by atoms with Gasteiger partial charge in [-0.2, -0.15) is 0 Å². The number of hydrogen-bond acceptors (Lipinski definition) is 4. The fourth-order valence-electron chi connectivity index (χ4n) is 1.84. The molecule has 0 bridgehead atoms. The first kappa shape index (κ1) is 15.2. The van der Waals surface area contributed by atoms with E-state index in [1.165, 1.54) is 23.2 Å². The molecule has 2 aromatic rings. The van der Waals surface area contributed by atoms with Gasteiger partial charge in [-0.05, 0) is 25.0 Å². The fourth-order valence-corrected chi connectivity index (χ4v) is 2.79. The highest BCUT2D eigenvalue weighted by Gasteiger charge is 2.20. The standard InChI is InChI=1S/C15H17N3O2S/c1-9(2)13-8-17-15(21-13)18(14(16)20)12-6-4-5-11(7-12)10(3)19/h4-9H,1-3H3,(H2,16,20). The van der Waals surface area contributed by atoms with Crippen LogP contribution in [0.15, 0.2) is 30.5 Å². The summed E-state index contributed by atoms with van der Waals surface area (Å²) in [5, 5.41) is 0.506. The predicted molar refractivity (Wildman–Crippen MR) is 84.4 cm³/mol. The highest BCUT2D eigenvalue weighted by Crippen LogP contribution is 2.32. The summed E-state index contributed by atoms with van der Waals surface area (Å²) in [7, 11) is 0. The van der Waals surface area contributed by atoms with Gasteiger partial charge >= 0.3 is 6.03 Å². The Labute approximate surface area is 127 Å². The van der Waals surface area contributed by atoms with Crippen LogP contribution < -0.4 is 10.6 Å². The maximum atomic E-state index is 11.8. The molecule has 2 N–H and O–H groups in total. The van der Waals surface area contributed by atoms with Gasteiger partial charge in [-0.3, -0.25) is 4.79 Å². The van der Waals surface area contributed by atoms with Crippen molar-refractivity contribution in [2.45, 2.75) is 26.7 Å². The van der Waals surface area contributed by atoms with E-state index in [1.54, 1.807) is 30.5 Å². The van der Waals surface area contributed by atoms with Crippen molar-refractivity contribution in [3.8, 4) is 0 Å². The molecule has 110 valence electrons. The molecule has 0 radical (unpaired) electrons. The number of urea groups is 1. The third kappa shape index (κ3) is 3.28. The quantitative estimate of drug-likeness (QED) is 0.875. The Kier molecular flexibility index (Phi) is 4.37. The molecule has 0 unspecified atom stereocenters. The lowest BCUT2D eigenvalue weighted by Gasteiger charge is -2.17. The van der Waals surface area contributed by atoms with Gasteiger partial charge in [0, 0.05) is 16.6 Å². The summed E-state index contributed by atoms with van der Waals surface area (Å²) >= 11 is 1.42. The summed E-state index contributed by atoms with van der Waals surface area (Å²) in [6.07, 6.45) is 1.75. The molecule has 0 aliphatic rings. The highest BCUT2D eigenvalue weighted by atomic mass is 32.1. The Morgan fingerprint density at radius 1 is 1.33 bits per heavy atom. The van der Waals surface area contributed by atoms with Crippen LogP contribution in [-0.4, -0.2) is 16.8 Å². The lowest BCUT2D eigenvalue weighted by molar-refractivity contribution is 0.101. The van der Waals surface area contributed by atoms with E-state index in [2.05, 4.69) is 18.8 Å². The Morgan fingerprint density at radius 3 is 2.57 bits per heavy atom. The highest BCUT2D eigenvalue weighted by molar-refractivity contribution is 7.15. The normalized spacial score (nSPS) is 10.7. The second kappa shape index (κ2) is 6.05. The van der Waals surface area contributed by atoms with Crippen molar-refractivity contribution in [3.05, 3.63) is 40.9 Å². The molecule has 6 heteroatoms. The van der Waals surface area contributed by atoms with Crippen LogP contribution in [-0.2, 0) is 0 Å². The Hall–Kier alpha value is -2.21. The number of nitrogens with two attached hydrogens (primary N) is 1. The van der Waals surface area contributed by atoms with Crippen LogP contribution in [0.2, 0.25) is 0 Å². The summed E-state index contributed by atoms with van der Waals surface area (Å²) in [5.74, 6) is 0.262. The van der Waals surface area contributed by atoms with Gasteiger partial charge < -0.3 is 5.73 Å². The first-order valence-corrected chi connectivity index (χ1v) is 7.38. The van der Waals surface area contributed by atoms with E-state index in [1.807, 2.05) is 0 Å². The summed E-state index contributed by atoms with van der Waals surface area (Å²) in [4.78, 5) is 29.9. The molecule has 1 heterocycles. The van der Waals surface area contributed by atoms with Crippen molar-refractivity contribution < 1.29 is 9.59 Å². The minimum Gasteiger partial charge on any atom is -0.351 e. The molecule has 0 saturated heterocycles. The Bertz CT molecular complexity index is 679. The smallest absolute Gasteiger partial charge is 0.325 e. The van der Waals surface area contributed by atoms with Gasteiger partial charge in [0.05, 0.1) is 5.69 Å². The van der Waals surface area contributed by atoms with E-state index in [9.17, 15) is 9.59 Å². The zero-order valence-electron chi connectivity index (χ0n) is 12.2. The van der Waals surface area contributed by atoms with Crippen LogP contribution in [0.5, 0.6) is 0 Å². The number of Topliss-reactive ketones (excluding diaryl/α,β-unsaturated/α-hetero) is 1. The molecule has 0 atom stereocenters. The molecule has 0 saturated carbocycles. The first-order chi connectivity index (χ1) is 9.90. The summed E-state index contributed by atoms with van der Waals surface area (Å²) < 4.78 is 0. The number of benzene rings is 1. The van der Waals surface area contributed by atoms with E-state index in [4.69, 9.17) is 5.73 Å². The van der Waals surface area contributed by atoms with Crippen molar-refractivity contribution in [1.82, 2.24) is 4.98 Å². The number of primary amides is 1. The number of anilines is 2. The monoisotopic (exact) mass is 303 g/mol. The van der Waals surface area contributed by atoms with Gasteiger partial charge in [-0.1, -0.05) is 26.0 Å². The van der Waals surface area contributed by atoms with Gasteiger partial charge in [-0.25, -0.2) is 14.7 Å². The number of thiazole rings is 1. The van der Waals surface area contributed by atoms with Gasteiger partial charge in [0.2, 0.25) is 0 Å². The van der Waals surface area contributed by atoms with Crippen LogP contribution in [0.4, 0.5) is 15.6 Å². The lowest BCUT2D eigenvalue weighted by atomic mass is 10.1. The number of amides is 2. The van der Waals surface area contributed by atoms with Crippen molar-refractivity contribution in [2.24, 2.45) is 5.73 Å². The minimum absolute atomic E-state index is 0.0664. The molecule has 0 aliphatic carbocycles. The number of carbonyl (C=O) groups is 2. The second-order valence-electron chi connectivity index (χ2n) is 4.98. The van der Waals surface area contributed by atoms with E-state index in [0.29, 0.717) is 22.3 Å². The largest absolute Gasteiger partial charge is 0.351 e. The number of ketones is 1. The van der Waals surface area contributed by atoms with Crippen LogP contribution in [0.3, 0.4) is 0 Å². The molecule has 0 aliphatic heterocycles. The van der Waals surface area contributed by atoms with E-state index >= 15 is 0 Å². The Morgan fingerprint density at radius 2 is 2.05 bits per heavy atom. The number of rotatable bonds is 4. The predicted octanol–water partition coefficient (Wildman–Crippen LogP) is 3.69. The molecule has 0 fully saturated rings. The van der Waals surface area contributed by atoms with Gasteiger partial charge in [0.25, 0.3) is 0 Å². The first-order valence-electron chi connectivity index (χ1n) is 6.56. The summed E-state index contributed by atoms with van der Waals surface area (Å²) in [6, 6.07) is 6.17. The van der Waals surface area contributed by atoms with Crippen LogP contribution in [0.25, 0.3) is 0 Å². The second-order valence-corrected chi connectivity index (χ2v) is 6.02. The van der Waals surface area contributed by atoms with Gasteiger partial charge in [-0.15, -0.1) is 11.3 Å². The topological polar surface area (TPSA) is 76.3 Å². The zero-order valence-corrected chi connectivity index (χ0v) is 13.0. The van der Waals surface area contributed by atoms with Crippen LogP contribution >= 0.6 is 11.3 Å². The number of hydrogen-bond donors (Lipinski definition) is 1. The molecular weight excluding hydrogens is 286 g/mol. The van der Waals surface area contributed by atoms with Crippen molar-refractivity contribution in [2.75, 3.05) is 4.90 Å². The number of nitrogens with zero attached hydrogens (tertiary/aromatic N) is 2. The van der Waals surface area contributed by atoms with Crippen LogP contribution in [0.1, 0.15) is 41.9 Å². The molecule has 2 rings (SSSR count). The third-order valence-corrected chi connectivity index (χ3v) is 4.29. The molecule has 21 heavy (non-hydrogen) atoms. The maximum absolute atomic E-state index is 11.8. The molecule has 5 nitrogen and oxygen atoms in total. The van der Waals surface area contributed by atoms with E-state index in [-0.39, 0.29) is 5.78 Å². The van der Waals surface area contributed by atoms with Crippen molar-refractivity contribution in [1.29, 1.82) is 0 Å². The van der Waals surface area contributed by atoms with Gasteiger partial charge in [0.1, 0.15) is 0 Å². The molecule has 0 spiro atoms. The van der Waals surface area contributed by atoms with E-state index < -0.39 is 6.03 Å². The summed E-state index contributed by atoms with van der Waals surface area (Å²) in [5.41, 5.74) is 6.55. The molecule has 1 aromatic carbocycles. The number of aromatic nitrogens is 1.